The molecule has 2 saturated heterocycles. The summed E-state index contributed by atoms with van der Waals surface area (Å²) in [5.41, 5.74) is 7.32. The number of nitrogens with one attached hydrogen (secondary N) is 1. The van der Waals surface area contributed by atoms with Crippen molar-refractivity contribution in [2.75, 3.05) is 25.4 Å². The Bertz CT molecular complexity index is 735. The van der Waals surface area contributed by atoms with Gasteiger partial charge in [-0.2, -0.15) is 0 Å². The summed E-state index contributed by atoms with van der Waals surface area (Å²) < 4.78 is 6.05. The smallest absolute Gasteiger partial charge is 0.253 e. The minimum Gasteiger partial charge on any atom is -0.384 e. The zero-order valence-electron chi connectivity index (χ0n) is 14.0. The number of fused-ring (bicyclic) bond motifs is 1. The minimum atomic E-state index is -0.0992. The third-order valence-corrected chi connectivity index (χ3v) is 4.97. The fraction of sp³-hybridized carbons (Fsp3) is 0.368. The summed E-state index contributed by atoms with van der Waals surface area (Å²) in [6.45, 7) is 2.42. The van der Waals surface area contributed by atoms with Crippen molar-refractivity contribution in [3.8, 4) is 0 Å². The van der Waals surface area contributed by atoms with Crippen LogP contribution in [0.15, 0.2) is 48.7 Å². The van der Waals surface area contributed by atoms with Gasteiger partial charge in [0.25, 0.3) is 5.91 Å². The van der Waals surface area contributed by atoms with Gasteiger partial charge < -0.3 is 15.8 Å². The Kier molecular flexibility index (Phi) is 4.38. The molecule has 6 nitrogen and oxygen atoms in total. The van der Waals surface area contributed by atoms with E-state index in [-0.39, 0.29) is 18.1 Å². The Morgan fingerprint density at radius 2 is 2.04 bits per heavy atom. The van der Waals surface area contributed by atoms with E-state index in [0.29, 0.717) is 24.0 Å². The van der Waals surface area contributed by atoms with E-state index in [9.17, 15) is 4.79 Å². The van der Waals surface area contributed by atoms with E-state index in [2.05, 4.69) is 27.3 Å². The first-order valence-electron chi connectivity index (χ1n) is 8.62. The molecule has 0 aliphatic carbocycles. The lowest BCUT2D eigenvalue weighted by Gasteiger charge is -2.35. The minimum absolute atomic E-state index is 0.0992. The van der Waals surface area contributed by atoms with Gasteiger partial charge >= 0.3 is 0 Å². The number of anilines is 1. The van der Waals surface area contributed by atoms with Crippen LogP contribution in [0.25, 0.3) is 0 Å². The van der Waals surface area contributed by atoms with Crippen LogP contribution in [0.3, 0.4) is 0 Å². The molecular formula is C19H22N4O2. The third-order valence-electron chi connectivity index (χ3n) is 4.97. The number of carbonyl (C=O) groups excluding carboxylic acids is 1. The molecule has 0 radical (unpaired) electrons. The first kappa shape index (κ1) is 16.1. The topological polar surface area (TPSA) is 80.5 Å². The molecule has 3 atom stereocenters. The van der Waals surface area contributed by atoms with Crippen LogP contribution in [0, 0.1) is 0 Å². The molecule has 4 rings (SSSR count). The number of hydrogen-bond acceptors (Lipinski definition) is 5. The second-order valence-corrected chi connectivity index (χ2v) is 6.72. The lowest BCUT2D eigenvalue weighted by Crippen LogP contribution is -2.43. The van der Waals surface area contributed by atoms with Gasteiger partial charge in [-0.05, 0) is 24.1 Å². The SMILES string of the molecule is Nc1ccc(C(=O)N[C@@H]2C[C@H]3CO[C@@H](c4ccccc4)CN3C2)cn1. The molecule has 0 unspecified atom stereocenters. The summed E-state index contributed by atoms with van der Waals surface area (Å²) >= 11 is 0. The maximum Gasteiger partial charge on any atom is 0.253 e. The van der Waals surface area contributed by atoms with E-state index >= 15 is 0 Å². The number of aromatic nitrogens is 1. The fourth-order valence-corrected chi connectivity index (χ4v) is 3.66. The van der Waals surface area contributed by atoms with Gasteiger partial charge in [-0.1, -0.05) is 30.3 Å². The number of nitrogens with two attached hydrogens (primary N) is 1. The highest BCUT2D eigenvalue weighted by Crippen LogP contribution is 2.30. The summed E-state index contributed by atoms with van der Waals surface area (Å²) in [6.07, 6.45) is 2.53. The highest BCUT2D eigenvalue weighted by atomic mass is 16.5. The Morgan fingerprint density at radius 3 is 2.80 bits per heavy atom. The van der Waals surface area contributed by atoms with E-state index in [1.165, 1.54) is 11.8 Å². The van der Waals surface area contributed by atoms with Crippen LogP contribution in [0.5, 0.6) is 0 Å². The molecule has 2 aliphatic heterocycles. The molecule has 2 fully saturated rings. The van der Waals surface area contributed by atoms with E-state index in [0.717, 1.165) is 19.5 Å². The van der Waals surface area contributed by atoms with E-state index < -0.39 is 0 Å². The molecule has 1 aromatic heterocycles. The number of benzene rings is 1. The number of nitrogens with zero attached hydrogens (tertiary/aromatic N) is 2. The van der Waals surface area contributed by atoms with Crippen LogP contribution < -0.4 is 11.1 Å². The second kappa shape index (κ2) is 6.82. The number of hydrogen-bond donors (Lipinski definition) is 2. The van der Waals surface area contributed by atoms with Crippen molar-refractivity contribution in [3.63, 3.8) is 0 Å². The Balaban J connectivity index is 1.36. The zero-order chi connectivity index (χ0) is 17.2. The predicted octanol–water partition coefficient (Wildman–Crippen LogP) is 1.61. The molecule has 1 aromatic carbocycles. The number of amides is 1. The van der Waals surface area contributed by atoms with Crippen molar-refractivity contribution in [2.45, 2.75) is 24.6 Å². The Labute approximate surface area is 147 Å². The quantitative estimate of drug-likeness (QED) is 0.889. The summed E-state index contributed by atoms with van der Waals surface area (Å²) in [5, 5.41) is 3.11. The first-order chi connectivity index (χ1) is 12.2. The van der Waals surface area contributed by atoms with Crippen molar-refractivity contribution in [1.29, 1.82) is 0 Å². The molecule has 0 saturated carbocycles. The average Bonchev–Trinajstić information content (AvgIpc) is 3.04. The molecular weight excluding hydrogens is 316 g/mol. The molecule has 130 valence electrons. The maximum atomic E-state index is 12.4. The van der Waals surface area contributed by atoms with Crippen LogP contribution in [0.4, 0.5) is 5.82 Å². The molecule has 0 spiro atoms. The van der Waals surface area contributed by atoms with Crippen molar-refractivity contribution in [3.05, 3.63) is 59.8 Å². The normalized spacial score (nSPS) is 26.2. The zero-order valence-corrected chi connectivity index (χ0v) is 14.0. The van der Waals surface area contributed by atoms with Crippen LogP contribution in [-0.4, -0.2) is 47.6 Å². The highest BCUT2D eigenvalue weighted by Gasteiger charge is 2.38. The third kappa shape index (κ3) is 3.50. The Morgan fingerprint density at radius 1 is 1.20 bits per heavy atom. The summed E-state index contributed by atoms with van der Waals surface area (Å²) in [6, 6.07) is 14.2. The molecule has 3 heterocycles. The molecule has 1 amide bonds. The van der Waals surface area contributed by atoms with Gasteiger partial charge in [-0.3, -0.25) is 9.69 Å². The Hall–Kier alpha value is -2.44. The van der Waals surface area contributed by atoms with Gasteiger partial charge in [0.05, 0.1) is 18.3 Å². The molecule has 2 aromatic rings. The number of ether oxygens (including phenoxy) is 1. The van der Waals surface area contributed by atoms with Gasteiger partial charge in [-0.25, -0.2) is 4.98 Å². The number of nitrogen functional groups attached to an aromatic ring is 1. The highest BCUT2D eigenvalue weighted by molar-refractivity contribution is 5.94. The van der Waals surface area contributed by atoms with Gasteiger partial charge in [0.15, 0.2) is 0 Å². The summed E-state index contributed by atoms with van der Waals surface area (Å²) in [5.74, 6) is 0.316. The summed E-state index contributed by atoms with van der Waals surface area (Å²) in [7, 11) is 0. The molecule has 25 heavy (non-hydrogen) atoms. The number of carbonyl (C=O) groups is 1. The van der Waals surface area contributed by atoms with Gasteiger partial charge in [0.2, 0.25) is 0 Å². The molecule has 3 N–H and O–H groups in total. The van der Waals surface area contributed by atoms with Crippen LogP contribution >= 0.6 is 0 Å². The van der Waals surface area contributed by atoms with Crippen molar-refractivity contribution in [1.82, 2.24) is 15.2 Å². The van der Waals surface area contributed by atoms with E-state index in [4.69, 9.17) is 10.5 Å². The van der Waals surface area contributed by atoms with Gasteiger partial charge in [0, 0.05) is 31.4 Å². The number of pyridine rings is 1. The first-order valence-corrected chi connectivity index (χ1v) is 8.62. The number of morpholine rings is 1. The lowest BCUT2D eigenvalue weighted by molar-refractivity contribution is -0.0502. The standard InChI is InChI=1S/C19H22N4O2/c20-18-7-6-14(9-21-18)19(24)22-15-8-16-12-25-17(11-23(16)10-15)13-4-2-1-3-5-13/h1-7,9,15-17H,8,10-12H2,(H2,20,21)(H,22,24)/t15-,16+,17-/m1/s1. The molecule has 6 heteroatoms. The van der Waals surface area contributed by atoms with Crippen LogP contribution in [0.2, 0.25) is 0 Å². The molecule has 2 aliphatic rings. The second-order valence-electron chi connectivity index (χ2n) is 6.72. The lowest BCUT2D eigenvalue weighted by atomic mass is 10.1. The maximum absolute atomic E-state index is 12.4. The van der Waals surface area contributed by atoms with Crippen molar-refractivity contribution in [2.24, 2.45) is 0 Å². The van der Waals surface area contributed by atoms with Gasteiger partial charge in [-0.15, -0.1) is 0 Å². The van der Waals surface area contributed by atoms with Crippen LogP contribution in [0.1, 0.15) is 28.4 Å². The largest absolute Gasteiger partial charge is 0.384 e. The average molecular weight is 338 g/mol. The van der Waals surface area contributed by atoms with Gasteiger partial charge in [0.1, 0.15) is 5.82 Å². The molecule has 0 bridgehead atoms. The van der Waals surface area contributed by atoms with Crippen LogP contribution in [-0.2, 0) is 4.74 Å². The predicted molar refractivity (Wildman–Crippen MR) is 95.0 cm³/mol. The number of rotatable bonds is 3. The van der Waals surface area contributed by atoms with E-state index in [1.54, 1.807) is 12.1 Å². The van der Waals surface area contributed by atoms with E-state index in [1.807, 2.05) is 18.2 Å². The monoisotopic (exact) mass is 338 g/mol. The fourth-order valence-electron chi connectivity index (χ4n) is 3.66. The van der Waals surface area contributed by atoms with Crippen molar-refractivity contribution >= 4 is 11.7 Å². The summed E-state index contributed by atoms with van der Waals surface area (Å²) in [4.78, 5) is 18.8. The van der Waals surface area contributed by atoms with Crippen molar-refractivity contribution < 1.29 is 9.53 Å².